The van der Waals surface area contributed by atoms with Crippen LogP contribution in [0.1, 0.15) is 61.9 Å². The van der Waals surface area contributed by atoms with Crippen molar-refractivity contribution in [3.63, 3.8) is 0 Å². The van der Waals surface area contributed by atoms with Crippen molar-refractivity contribution >= 4 is 23.2 Å². The van der Waals surface area contributed by atoms with E-state index in [4.69, 9.17) is 0 Å². The quantitative estimate of drug-likeness (QED) is 0.725. The molecule has 3 rings (SSSR count). The number of hydrogen-bond donors (Lipinski definition) is 2. The van der Waals surface area contributed by atoms with Crippen LogP contribution in [-0.2, 0) is 4.79 Å². The standard InChI is InChI=1S/C24H31N3O2/c1-4-20(18-10-6-5-7-11-18)23(28)26-19-12-13-22(27-14-8-9-15-27)21(16-19)24(29)25-17(2)3/h5-7,10-13,16-17,20H,4,8-9,14-15H2,1-3H3,(H,25,29)(H,26,28)/t20-/m1/s1. The van der Waals surface area contributed by atoms with E-state index in [2.05, 4.69) is 15.5 Å². The fourth-order valence-corrected chi connectivity index (χ4v) is 3.86. The van der Waals surface area contributed by atoms with Gasteiger partial charge in [0.2, 0.25) is 5.91 Å². The molecule has 1 saturated heterocycles. The van der Waals surface area contributed by atoms with Crippen LogP contribution in [0.25, 0.3) is 0 Å². The summed E-state index contributed by atoms with van der Waals surface area (Å²) in [6, 6.07) is 15.5. The molecule has 5 heteroatoms. The fraction of sp³-hybridized carbons (Fsp3) is 0.417. The van der Waals surface area contributed by atoms with Crippen LogP contribution in [0, 0.1) is 0 Å². The maximum absolute atomic E-state index is 12.9. The highest BCUT2D eigenvalue weighted by atomic mass is 16.2. The summed E-state index contributed by atoms with van der Waals surface area (Å²) in [6.45, 7) is 7.82. The van der Waals surface area contributed by atoms with Gasteiger partial charge in [0.05, 0.1) is 11.5 Å². The van der Waals surface area contributed by atoms with E-state index in [0.29, 0.717) is 17.7 Å². The molecular weight excluding hydrogens is 362 g/mol. The monoisotopic (exact) mass is 393 g/mol. The van der Waals surface area contributed by atoms with Gasteiger partial charge in [-0.25, -0.2) is 0 Å². The van der Waals surface area contributed by atoms with Crippen LogP contribution in [0.5, 0.6) is 0 Å². The number of rotatable bonds is 7. The van der Waals surface area contributed by atoms with E-state index >= 15 is 0 Å². The topological polar surface area (TPSA) is 61.4 Å². The van der Waals surface area contributed by atoms with Crippen molar-refractivity contribution < 1.29 is 9.59 Å². The molecule has 1 atom stereocenters. The summed E-state index contributed by atoms with van der Waals surface area (Å²) in [4.78, 5) is 28.0. The number of amides is 2. The predicted molar refractivity (Wildman–Crippen MR) is 119 cm³/mol. The van der Waals surface area contributed by atoms with Gasteiger partial charge < -0.3 is 15.5 Å². The van der Waals surface area contributed by atoms with Crippen LogP contribution in [0.2, 0.25) is 0 Å². The normalized spacial score (nSPS) is 14.7. The Bertz CT molecular complexity index is 842. The summed E-state index contributed by atoms with van der Waals surface area (Å²) in [5, 5.41) is 6.01. The smallest absolute Gasteiger partial charge is 0.253 e. The number of carbonyl (C=O) groups is 2. The molecule has 1 aliphatic heterocycles. The van der Waals surface area contributed by atoms with Crippen LogP contribution < -0.4 is 15.5 Å². The van der Waals surface area contributed by atoms with Crippen molar-refractivity contribution in [1.29, 1.82) is 0 Å². The fourth-order valence-electron chi connectivity index (χ4n) is 3.86. The summed E-state index contributed by atoms with van der Waals surface area (Å²) < 4.78 is 0. The van der Waals surface area contributed by atoms with Gasteiger partial charge in [0.15, 0.2) is 0 Å². The highest BCUT2D eigenvalue weighted by molar-refractivity contribution is 6.03. The zero-order valence-corrected chi connectivity index (χ0v) is 17.6. The maximum Gasteiger partial charge on any atom is 0.253 e. The van der Waals surface area contributed by atoms with E-state index < -0.39 is 0 Å². The van der Waals surface area contributed by atoms with Crippen LogP contribution in [0.4, 0.5) is 11.4 Å². The van der Waals surface area contributed by atoms with Crippen LogP contribution in [0.3, 0.4) is 0 Å². The Morgan fingerprint density at radius 1 is 1.03 bits per heavy atom. The van der Waals surface area contributed by atoms with E-state index in [0.717, 1.165) is 37.2 Å². The molecule has 0 saturated carbocycles. The van der Waals surface area contributed by atoms with E-state index in [1.165, 1.54) is 0 Å². The number of nitrogens with zero attached hydrogens (tertiary/aromatic N) is 1. The third-order valence-electron chi connectivity index (χ3n) is 5.30. The van der Waals surface area contributed by atoms with Crippen molar-refractivity contribution in [3.8, 4) is 0 Å². The molecule has 5 nitrogen and oxygen atoms in total. The minimum atomic E-state index is -0.220. The lowest BCUT2D eigenvalue weighted by molar-refractivity contribution is -0.117. The van der Waals surface area contributed by atoms with E-state index in [9.17, 15) is 9.59 Å². The molecule has 2 amide bonds. The average Bonchev–Trinajstić information content (AvgIpc) is 3.23. The van der Waals surface area contributed by atoms with Crippen molar-refractivity contribution in [1.82, 2.24) is 5.32 Å². The second-order valence-electron chi connectivity index (χ2n) is 7.92. The first-order valence-corrected chi connectivity index (χ1v) is 10.5. The third-order valence-corrected chi connectivity index (χ3v) is 5.30. The first kappa shape index (κ1) is 20.9. The highest BCUT2D eigenvalue weighted by Gasteiger charge is 2.22. The molecule has 2 N–H and O–H groups in total. The molecule has 0 spiro atoms. The van der Waals surface area contributed by atoms with Gasteiger partial charge in [0.1, 0.15) is 0 Å². The van der Waals surface area contributed by atoms with Gasteiger partial charge in [-0.15, -0.1) is 0 Å². The third kappa shape index (κ3) is 5.17. The molecule has 154 valence electrons. The Kier molecular flexibility index (Phi) is 6.91. The number of nitrogens with one attached hydrogen (secondary N) is 2. The average molecular weight is 394 g/mol. The van der Waals surface area contributed by atoms with Crippen LogP contribution >= 0.6 is 0 Å². The minimum absolute atomic E-state index is 0.0507. The van der Waals surface area contributed by atoms with Crippen molar-refractivity contribution in [2.45, 2.75) is 52.0 Å². The molecule has 1 heterocycles. The first-order valence-electron chi connectivity index (χ1n) is 10.5. The Hall–Kier alpha value is -2.82. The summed E-state index contributed by atoms with van der Waals surface area (Å²) in [6.07, 6.45) is 2.99. The molecule has 0 radical (unpaired) electrons. The van der Waals surface area contributed by atoms with Gasteiger partial charge in [-0.3, -0.25) is 9.59 Å². The molecule has 1 aliphatic rings. The Morgan fingerprint density at radius 2 is 1.72 bits per heavy atom. The minimum Gasteiger partial charge on any atom is -0.371 e. The summed E-state index contributed by atoms with van der Waals surface area (Å²) in [5.74, 6) is -0.377. The molecule has 2 aromatic carbocycles. The van der Waals surface area contributed by atoms with Crippen molar-refractivity contribution in [2.75, 3.05) is 23.3 Å². The lowest BCUT2D eigenvalue weighted by atomic mass is 9.95. The number of hydrogen-bond acceptors (Lipinski definition) is 3. The van der Waals surface area contributed by atoms with E-state index in [1.807, 2.05) is 63.2 Å². The zero-order chi connectivity index (χ0) is 20.8. The molecule has 0 bridgehead atoms. The summed E-state index contributed by atoms with van der Waals surface area (Å²) in [5.41, 5.74) is 3.21. The largest absolute Gasteiger partial charge is 0.371 e. The lowest BCUT2D eigenvalue weighted by Gasteiger charge is -2.23. The predicted octanol–water partition coefficient (Wildman–Crippen LogP) is 4.56. The van der Waals surface area contributed by atoms with Gasteiger partial charge in [0, 0.05) is 30.5 Å². The number of anilines is 2. The Morgan fingerprint density at radius 3 is 2.34 bits per heavy atom. The number of benzene rings is 2. The van der Waals surface area contributed by atoms with E-state index in [1.54, 1.807) is 6.07 Å². The summed E-state index contributed by atoms with van der Waals surface area (Å²) >= 11 is 0. The molecule has 0 aliphatic carbocycles. The summed E-state index contributed by atoms with van der Waals surface area (Å²) in [7, 11) is 0. The maximum atomic E-state index is 12.9. The highest BCUT2D eigenvalue weighted by Crippen LogP contribution is 2.29. The van der Waals surface area contributed by atoms with Gasteiger partial charge >= 0.3 is 0 Å². The molecular formula is C24H31N3O2. The van der Waals surface area contributed by atoms with Crippen LogP contribution in [0.15, 0.2) is 48.5 Å². The molecule has 1 fully saturated rings. The van der Waals surface area contributed by atoms with Gasteiger partial charge in [-0.05, 0) is 56.9 Å². The SMILES string of the molecule is CC[C@@H](C(=O)Nc1ccc(N2CCCC2)c(C(=O)NC(C)C)c1)c1ccccc1. The van der Waals surface area contributed by atoms with Crippen LogP contribution in [-0.4, -0.2) is 30.9 Å². The lowest BCUT2D eigenvalue weighted by Crippen LogP contribution is -2.32. The van der Waals surface area contributed by atoms with E-state index in [-0.39, 0.29) is 23.8 Å². The Labute approximate surface area is 173 Å². The molecule has 0 aromatic heterocycles. The second-order valence-corrected chi connectivity index (χ2v) is 7.92. The van der Waals surface area contributed by atoms with Crippen molar-refractivity contribution in [2.24, 2.45) is 0 Å². The zero-order valence-electron chi connectivity index (χ0n) is 17.6. The molecule has 0 unspecified atom stereocenters. The first-order chi connectivity index (χ1) is 14.0. The Balaban J connectivity index is 1.85. The van der Waals surface area contributed by atoms with Gasteiger partial charge in [-0.2, -0.15) is 0 Å². The number of carbonyl (C=O) groups excluding carboxylic acids is 2. The van der Waals surface area contributed by atoms with Gasteiger partial charge in [-0.1, -0.05) is 37.3 Å². The van der Waals surface area contributed by atoms with Gasteiger partial charge in [0.25, 0.3) is 5.91 Å². The molecule has 29 heavy (non-hydrogen) atoms. The van der Waals surface area contributed by atoms with Crippen molar-refractivity contribution in [3.05, 3.63) is 59.7 Å². The second kappa shape index (κ2) is 9.59. The molecule has 2 aromatic rings.